The number of alkyl halides is 1. The summed E-state index contributed by atoms with van der Waals surface area (Å²) >= 11 is 5.97. The normalized spacial score (nSPS) is 20.1. The highest BCUT2D eigenvalue weighted by Crippen LogP contribution is 2.25. The first-order valence-corrected chi connectivity index (χ1v) is 6.32. The third kappa shape index (κ3) is 1.93. The number of anilines is 1. The van der Waals surface area contributed by atoms with Crippen molar-refractivity contribution in [3.8, 4) is 0 Å². The van der Waals surface area contributed by atoms with Gasteiger partial charge in [-0.05, 0) is 25.0 Å². The molecule has 5 heteroatoms. The SMILES string of the molecule is ClCC1CCCN1c1ccc2nccnc2n1. The fourth-order valence-electron chi connectivity index (χ4n) is 2.30. The van der Waals surface area contributed by atoms with E-state index in [-0.39, 0.29) is 0 Å². The smallest absolute Gasteiger partial charge is 0.180 e. The number of aromatic nitrogens is 3. The van der Waals surface area contributed by atoms with Gasteiger partial charge in [-0.15, -0.1) is 11.6 Å². The zero-order valence-corrected chi connectivity index (χ0v) is 10.1. The Balaban J connectivity index is 2.00. The second-order valence-electron chi connectivity index (χ2n) is 4.21. The van der Waals surface area contributed by atoms with Crippen LogP contribution in [0.5, 0.6) is 0 Å². The lowest BCUT2D eigenvalue weighted by molar-refractivity contribution is 0.734. The number of pyridine rings is 1. The minimum absolute atomic E-state index is 0.401. The summed E-state index contributed by atoms with van der Waals surface area (Å²) in [6.45, 7) is 1.02. The van der Waals surface area contributed by atoms with E-state index in [0.717, 1.165) is 24.3 Å². The molecule has 1 saturated heterocycles. The molecule has 0 bridgehead atoms. The molecule has 3 heterocycles. The lowest BCUT2D eigenvalue weighted by Gasteiger charge is -2.23. The average Bonchev–Trinajstić information content (AvgIpc) is 2.86. The fourth-order valence-corrected chi connectivity index (χ4v) is 2.62. The third-order valence-electron chi connectivity index (χ3n) is 3.17. The molecule has 2 aromatic heterocycles. The Morgan fingerprint density at radius 3 is 3.06 bits per heavy atom. The quantitative estimate of drug-likeness (QED) is 0.765. The van der Waals surface area contributed by atoms with Crippen LogP contribution in [0.25, 0.3) is 11.2 Å². The van der Waals surface area contributed by atoms with Crippen molar-refractivity contribution in [1.29, 1.82) is 0 Å². The zero-order valence-electron chi connectivity index (χ0n) is 9.38. The van der Waals surface area contributed by atoms with Gasteiger partial charge in [0.25, 0.3) is 0 Å². The number of hydrogen-bond acceptors (Lipinski definition) is 4. The van der Waals surface area contributed by atoms with Gasteiger partial charge in [0.1, 0.15) is 11.3 Å². The summed E-state index contributed by atoms with van der Waals surface area (Å²) in [6, 6.07) is 4.37. The maximum absolute atomic E-state index is 5.97. The van der Waals surface area contributed by atoms with E-state index in [1.165, 1.54) is 6.42 Å². The molecule has 1 aliphatic rings. The first kappa shape index (κ1) is 10.7. The van der Waals surface area contributed by atoms with Crippen LogP contribution in [0, 0.1) is 0 Å². The molecule has 0 aliphatic carbocycles. The lowest BCUT2D eigenvalue weighted by atomic mass is 10.2. The number of hydrogen-bond donors (Lipinski definition) is 0. The summed E-state index contributed by atoms with van der Waals surface area (Å²) in [4.78, 5) is 15.3. The second-order valence-corrected chi connectivity index (χ2v) is 4.52. The van der Waals surface area contributed by atoms with E-state index < -0.39 is 0 Å². The van der Waals surface area contributed by atoms with Crippen LogP contribution in [0.3, 0.4) is 0 Å². The predicted molar refractivity (Wildman–Crippen MR) is 68.4 cm³/mol. The van der Waals surface area contributed by atoms with Gasteiger partial charge in [-0.3, -0.25) is 4.98 Å². The van der Waals surface area contributed by atoms with Gasteiger partial charge in [-0.25, -0.2) is 9.97 Å². The predicted octanol–water partition coefficient (Wildman–Crippen LogP) is 2.23. The molecule has 0 saturated carbocycles. The monoisotopic (exact) mass is 248 g/mol. The minimum Gasteiger partial charge on any atom is -0.352 e. The summed E-state index contributed by atoms with van der Waals surface area (Å²) in [5.41, 5.74) is 1.53. The number of halogens is 1. The highest BCUT2D eigenvalue weighted by Gasteiger charge is 2.24. The van der Waals surface area contributed by atoms with E-state index in [0.29, 0.717) is 17.6 Å². The summed E-state index contributed by atoms with van der Waals surface area (Å²) in [5.74, 6) is 1.61. The van der Waals surface area contributed by atoms with Crippen LogP contribution in [-0.4, -0.2) is 33.4 Å². The van der Waals surface area contributed by atoms with Crippen molar-refractivity contribution in [2.75, 3.05) is 17.3 Å². The lowest BCUT2D eigenvalue weighted by Crippen LogP contribution is -2.31. The van der Waals surface area contributed by atoms with Crippen molar-refractivity contribution in [1.82, 2.24) is 15.0 Å². The van der Waals surface area contributed by atoms with Gasteiger partial charge in [0.15, 0.2) is 5.65 Å². The van der Waals surface area contributed by atoms with Crippen LogP contribution >= 0.6 is 11.6 Å². The molecule has 4 nitrogen and oxygen atoms in total. The summed E-state index contributed by atoms with van der Waals surface area (Å²) in [7, 11) is 0. The number of nitrogens with zero attached hydrogens (tertiary/aromatic N) is 4. The van der Waals surface area contributed by atoms with E-state index in [1.54, 1.807) is 12.4 Å². The van der Waals surface area contributed by atoms with Gasteiger partial charge >= 0.3 is 0 Å². The van der Waals surface area contributed by atoms with Crippen LogP contribution in [-0.2, 0) is 0 Å². The van der Waals surface area contributed by atoms with E-state index in [4.69, 9.17) is 11.6 Å². The molecular weight excluding hydrogens is 236 g/mol. The van der Waals surface area contributed by atoms with Gasteiger partial charge in [-0.2, -0.15) is 0 Å². The third-order valence-corrected chi connectivity index (χ3v) is 3.52. The average molecular weight is 249 g/mol. The van der Waals surface area contributed by atoms with E-state index in [1.807, 2.05) is 12.1 Å². The standard InChI is InChI=1S/C12H13ClN4/c13-8-9-2-1-7-17(9)11-4-3-10-12(16-11)15-6-5-14-10/h3-6,9H,1-2,7-8H2. The van der Waals surface area contributed by atoms with Crippen LogP contribution in [0.2, 0.25) is 0 Å². The topological polar surface area (TPSA) is 41.9 Å². The molecular formula is C12H13ClN4. The molecule has 17 heavy (non-hydrogen) atoms. The van der Waals surface area contributed by atoms with Gasteiger partial charge in [0, 0.05) is 30.9 Å². The molecule has 1 fully saturated rings. The van der Waals surface area contributed by atoms with Crippen LogP contribution in [0.4, 0.5) is 5.82 Å². The summed E-state index contributed by atoms with van der Waals surface area (Å²) in [6.07, 6.45) is 5.67. The highest BCUT2D eigenvalue weighted by atomic mass is 35.5. The first-order valence-electron chi connectivity index (χ1n) is 5.79. The van der Waals surface area contributed by atoms with Crippen molar-refractivity contribution in [3.63, 3.8) is 0 Å². The molecule has 88 valence electrons. The minimum atomic E-state index is 0.401. The van der Waals surface area contributed by atoms with Gasteiger partial charge in [-0.1, -0.05) is 0 Å². The van der Waals surface area contributed by atoms with Crippen LogP contribution < -0.4 is 4.90 Å². The van der Waals surface area contributed by atoms with Crippen molar-refractivity contribution >= 4 is 28.6 Å². The van der Waals surface area contributed by atoms with Crippen molar-refractivity contribution < 1.29 is 0 Å². The molecule has 3 rings (SSSR count). The Kier molecular flexibility index (Phi) is 2.81. The maximum atomic E-state index is 5.97. The first-order chi connectivity index (χ1) is 8.38. The number of fused-ring (bicyclic) bond motifs is 1. The Morgan fingerprint density at radius 2 is 2.18 bits per heavy atom. The Hall–Kier alpha value is -1.42. The van der Waals surface area contributed by atoms with Gasteiger partial charge in [0.2, 0.25) is 0 Å². The molecule has 0 amide bonds. The van der Waals surface area contributed by atoms with Gasteiger partial charge in [0.05, 0.1) is 0 Å². The summed E-state index contributed by atoms with van der Waals surface area (Å²) < 4.78 is 0. The van der Waals surface area contributed by atoms with Crippen molar-refractivity contribution in [2.45, 2.75) is 18.9 Å². The van der Waals surface area contributed by atoms with Crippen LogP contribution in [0.1, 0.15) is 12.8 Å². The van der Waals surface area contributed by atoms with E-state index >= 15 is 0 Å². The van der Waals surface area contributed by atoms with E-state index in [2.05, 4.69) is 19.9 Å². The summed E-state index contributed by atoms with van der Waals surface area (Å²) in [5, 5.41) is 0. The second kappa shape index (κ2) is 4.45. The molecule has 1 unspecified atom stereocenters. The Morgan fingerprint density at radius 1 is 1.29 bits per heavy atom. The number of rotatable bonds is 2. The molecule has 0 aromatic carbocycles. The highest BCUT2D eigenvalue weighted by molar-refractivity contribution is 6.18. The largest absolute Gasteiger partial charge is 0.352 e. The fraction of sp³-hybridized carbons (Fsp3) is 0.417. The molecule has 0 spiro atoms. The zero-order chi connectivity index (χ0) is 11.7. The molecule has 1 aliphatic heterocycles. The van der Waals surface area contributed by atoms with Crippen molar-refractivity contribution in [3.05, 3.63) is 24.5 Å². The molecule has 1 atom stereocenters. The van der Waals surface area contributed by atoms with Gasteiger partial charge < -0.3 is 4.90 Å². The molecule has 0 radical (unpaired) electrons. The van der Waals surface area contributed by atoms with Crippen LogP contribution in [0.15, 0.2) is 24.5 Å². The van der Waals surface area contributed by atoms with E-state index in [9.17, 15) is 0 Å². The Bertz CT molecular complexity index is 531. The van der Waals surface area contributed by atoms with Crippen molar-refractivity contribution in [2.24, 2.45) is 0 Å². The molecule has 2 aromatic rings. The molecule has 0 N–H and O–H groups in total. The Labute approximate surface area is 105 Å². The maximum Gasteiger partial charge on any atom is 0.180 e.